The van der Waals surface area contributed by atoms with Gasteiger partial charge in [0.05, 0.1) is 6.61 Å². The first-order valence-electron chi connectivity index (χ1n) is 26.7. The lowest BCUT2D eigenvalue weighted by Gasteiger charge is -2.15. The fourth-order valence-corrected chi connectivity index (χ4v) is 6.93. The zero-order valence-electron chi connectivity index (χ0n) is 42.4. The molecule has 0 spiro atoms. The Balaban J connectivity index is 3.69. The number of rotatable bonds is 47. The first-order valence-corrected chi connectivity index (χ1v) is 26.7. The number of esters is 2. The van der Waals surface area contributed by atoms with Gasteiger partial charge in [0.25, 0.3) is 0 Å². The summed E-state index contributed by atoms with van der Waals surface area (Å²) in [5, 5.41) is 9.63. The smallest absolute Gasteiger partial charge is 0.306 e. The quantitative estimate of drug-likeness (QED) is 0.0374. The normalized spacial score (nSPS) is 13.3. The third kappa shape index (κ3) is 52.7. The molecule has 0 rings (SSSR count). The van der Waals surface area contributed by atoms with E-state index in [9.17, 15) is 14.7 Å². The molecule has 372 valence electrons. The molecule has 0 heterocycles. The van der Waals surface area contributed by atoms with E-state index in [1.807, 2.05) is 0 Å². The molecule has 1 N–H and O–H groups in total. The van der Waals surface area contributed by atoms with Crippen molar-refractivity contribution >= 4 is 11.9 Å². The van der Waals surface area contributed by atoms with Crippen molar-refractivity contribution < 1.29 is 24.2 Å². The molecule has 5 nitrogen and oxygen atoms in total. The highest BCUT2D eigenvalue weighted by Crippen LogP contribution is 2.13. The number of unbranched alkanes of at least 4 members (excludes halogenated alkanes) is 17. The van der Waals surface area contributed by atoms with Gasteiger partial charge in [0.2, 0.25) is 0 Å². The molecule has 1 atom stereocenters. The van der Waals surface area contributed by atoms with Crippen LogP contribution in [0.4, 0.5) is 0 Å². The molecular formula is C61H98O5. The lowest BCUT2D eigenvalue weighted by atomic mass is 10.1. The zero-order chi connectivity index (χ0) is 47.7. The Morgan fingerprint density at radius 3 is 1.03 bits per heavy atom. The molecule has 0 aromatic carbocycles. The van der Waals surface area contributed by atoms with E-state index in [4.69, 9.17) is 9.47 Å². The summed E-state index contributed by atoms with van der Waals surface area (Å²) in [5.74, 6) is -0.652. The molecule has 0 amide bonds. The van der Waals surface area contributed by atoms with Gasteiger partial charge in [-0.05, 0) is 116 Å². The molecule has 0 radical (unpaired) electrons. The fraction of sp³-hybridized carbons (Fsp3) is 0.607. The van der Waals surface area contributed by atoms with Crippen LogP contribution in [0.3, 0.4) is 0 Å². The zero-order valence-corrected chi connectivity index (χ0v) is 42.4. The van der Waals surface area contributed by atoms with E-state index in [2.05, 4.69) is 148 Å². The summed E-state index contributed by atoms with van der Waals surface area (Å²) in [6, 6.07) is 0. The van der Waals surface area contributed by atoms with Gasteiger partial charge in [-0.2, -0.15) is 0 Å². The van der Waals surface area contributed by atoms with Gasteiger partial charge in [-0.25, -0.2) is 0 Å². The standard InChI is InChI=1S/C61H98O5/c1-3-5-7-9-11-13-15-17-19-21-23-24-25-26-27-28-29-30-31-32-33-34-35-36-38-40-42-44-46-48-50-52-54-56-61(64)66-59(57-62)58-65-60(63)55-53-51-49-47-45-43-41-39-37-22-20-18-16-14-12-10-8-6-4-2/h5,7,11,13,17-20,23-24,26-27,29-30,32-33,35-36,40,42,46,48,59,62H,3-4,6,8-10,12,14-16,21-22,25,28,31,34,37-39,41,43-45,47,49-58H2,1-2H3/b7-5-,13-11-,19-17-,20-18-,24-23-,27-26-,30-29-,33-32-,36-35-,42-40-,48-46-. The minimum absolute atomic E-state index is 0.0924. The van der Waals surface area contributed by atoms with Crippen molar-refractivity contribution in [3.05, 3.63) is 134 Å². The molecule has 5 heteroatoms. The van der Waals surface area contributed by atoms with E-state index in [0.29, 0.717) is 19.3 Å². The first-order chi connectivity index (χ1) is 32.6. The summed E-state index contributed by atoms with van der Waals surface area (Å²) in [6.45, 7) is 3.98. The number of hydrogen-bond donors (Lipinski definition) is 1. The van der Waals surface area contributed by atoms with Crippen molar-refractivity contribution in [2.75, 3.05) is 13.2 Å². The highest BCUT2D eigenvalue weighted by molar-refractivity contribution is 5.70. The maximum absolute atomic E-state index is 12.3. The van der Waals surface area contributed by atoms with Crippen molar-refractivity contribution in [2.24, 2.45) is 0 Å². The molecule has 0 aliphatic rings. The van der Waals surface area contributed by atoms with Crippen LogP contribution in [0, 0.1) is 0 Å². The molecule has 0 fully saturated rings. The SMILES string of the molecule is CC/C=C\C/C=C\C/C=C\C/C=C\C/C=C\C/C=C\C/C=C\C/C=C\C/C=C\C/C=C\CCCCC(=O)OC(CO)COC(=O)CCCCCCCCCCC/C=C\CCCCCCCC. The van der Waals surface area contributed by atoms with Gasteiger partial charge in [0.15, 0.2) is 6.10 Å². The second kappa shape index (κ2) is 55.4. The van der Waals surface area contributed by atoms with Crippen LogP contribution < -0.4 is 0 Å². The van der Waals surface area contributed by atoms with Crippen LogP contribution in [-0.4, -0.2) is 36.4 Å². The number of ether oxygens (including phenoxy) is 2. The van der Waals surface area contributed by atoms with E-state index in [0.717, 1.165) is 96.3 Å². The van der Waals surface area contributed by atoms with Gasteiger partial charge in [-0.3, -0.25) is 9.59 Å². The Morgan fingerprint density at radius 1 is 0.364 bits per heavy atom. The predicted molar refractivity (Wildman–Crippen MR) is 288 cm³/mol. The highest BCUT2D eigenvalue weighted by Gasteiger charge is 2.16. The fourth-order valence-electron chi connectivity index (χ4n) is 6.93. The minimum Gasteiger partial charge on any atom is -0.462 e. The third-order valence-electron chi connectivity index (χ3n) is 10.9. The molecule has 0 saturated heterocycles. The van der Waals surface area contributed by atoms with Gasteiger partial charge < -0.3 is 14.6 Å². The van der Waals surface area contributed by atoms with Crippen molar-refractivity contribution in [2.45, 2.75) is 225 Å². The lowest BCUT2D eigenvalue weighted by Crippen LogP contribution is -2.28. The van der Waals surface area contributed by atoms with Gasteiger partial charge in [-0.1, -0.05) is 225 Å². The van der Waals surface area contributed by atoms with Crippen LogP contribution in [0.5, 0.6) is 0 Å². The van der Waals surface area contributed by atoms with E-state index < -0.39 is 6.10 Å². The highest BCUT2D eigenvalue weighted by atomic mass is 16.6. The topological polar surface area (TPSA) is 72.8 Å². The summed E-state index contributed by atoms with van der Waals surface area (Å²) in [5.41, 5.74) is 0. The van der Waals surface area contributed by atoms with E-state index in [1.165, 1.54) is 89.9 Å². The summed E-state index contributed by atoms with van der Waals surface area (Å²) in [6.07, 6.45) is 82.6. The van der Waals surface area contributed by atoms with Gasteiger partial charge in [-0.15, -0.1) is 0 Å². The molecule has 0 aliphatic carbocycles. The lowest BCUT2D eigenvalue weighted by molar-refractivity contribution is -0.161. The second-order valence-electron chi connectivity index (χ2n) is 17.2. The third-order valence-corrected chi connectivity index (χ3v) is 10.9. The molecular weight excluding hydrogens is 813 g/mol. The molecule has 0 saturated carbocycles. The number of aliphatic hydroxyl groups is 1. The van der Waals surface area contributed by atoms with Crippen LogP contribution in [0.1, 0.15) is 219 Å². The van der Waals surface area contributed by atoms with Gasteiger partial charge in [0, 0.05) is 12.8 Å². The summed E-state index contributed by atoms with van der Waals surface area (Å²) < 4.78 is 10.6. The molecule has 0 aliphatic heterocycles. The van der Waals surface area contributed by atoms with Crippen LogP contribution in [0.25, 0.3) is 0 Å². The predicted octanol–water partition coefficient (Wildman–Crippen LogP) is 18.1. The Bertz CT molecular complexity index is 1400. The summed E-state index contributed by atoms with van der Waals surface area (Å²) >= 11 is 0. The second-order valence-corrected chi connectivity index (χ2v) is 17.2. The number of carbonyl (C=O) groups is 2. The summed E-state index contributed by atoms with van der Waals surface area (Å²) in [4.78, 5) is 24.5. The largest absolute Gasteiger partial charge is 0.462 e. The van der Waals surface area contributed by atoms with E-state index >= 15 is 0 Å². The Kier molecular flexibility index (Phi) is 52.0. The van der Waals surface area contributed by atoms with Crippen LogP contribution in [-0.2, 0) is 19.1 Å². The summed E-state index contributed by atoms with van der Waals surface area (Å²) in [7, 11) is 0. The Labute approximate surface area is 406 Å². The Morgan fingerprint density at radius 2 is 0.652 bits per heavy atom. The minimum atomic E-state index is -0.806. The average molecular weight is 911 g/mol. The molecule has 66 heavy (non-hydrogen) atoms. The average Bonchev–Trinajstić information content (AvgIpc) is 3.32. The molecule has 1 unspecified atom stereocenters. The van der Waals surface area contributed by atoms with Gasteiger partial charge >= 0.3 is 11.9 Å². The number of allylic oxidation sites excluding steroid dienone is 22. The molecule has 0 aromatic rings. The number of aliphatic hydroxyl groups excluding tert-OH is 1. The van der Waals surface area contributed by atoms with E-state index in [1.54, 1.807) is 0 Å². The maximum atomic E-state index is 12.3. The van der Waals surface area contributed by atoms with Crippen LogP contribution >= 0.6 is 0 Å². The first kappa shape index (κ1) is 62.0. The van der Waals surface area contributed by atoms with Crippen LogP contribution in [0.2, 0.25) is 0 Å². The Hall–Kier alpha value is -3.96. The molecule has 0 bridgehead atoms. The van der Waals surface area contributed by atoms with Crippen molar-refractivity contribution in [1.82, 2.24) is 0 Å². The van der Waals surface area contributed by atoms with Crippen molar-refractivity contribution in [1.29, 1.82) is 0 Å². The van der Waals surface area contributed by atoms with E-state index in [-0.39, 0.29) is 25.2 Å². The number of carbonyl (C=O) groups excluding carboxylic acids is 2. The van der Waals surface area contributed by atoms with Crippen LogP contribution in [0.15, 0.2) is 134 Å². The number of hydrogen-bond acceptors (Lipinski definition) is 5. The maximum Gasteiger partial charge on any atom is 0.306 e. The van der Waals surface area contributed by atoms with Gasteiger partial charge in [0.1, 0.15) is 6.61 Å². The van der Waals surface area contributed by atoms with Crippen molar-refractivity contribution in [3.8, 4) is 0 Å². The van der Waals surface area contributed by atoms with Crippen molar-refractivity contribution in [3.63, 3.8) is 0 Å². The monoisotopic (exact) mass is 911 g/mol. The molecule has 0 aromatic heterocycles.